The standard InChI is InChI=1S/C10H18N2O4/c1-3-4-5-6-11-10(15)12-8(7-16-2)9(13)14/h3-4,8H,5-7H2,1-2H3,(H,13,14)(H2,11,12,15)/b4-3+. The highest BCUT2D eigenvalue weighted by atomic mass is 16.5. The van der Waals surface area contributed by atoms with Crippen molar-refractivity contribution in [3.05, 3.63) is 12.2 Å². The molecule has 0 aliphatic heterocycles. The molecule has 0 saturated heterocycles. The van der Waals surface area contributed by atoms with Gasteiger partial charge in [-0.15, -0.1) is 0 Å². The molecule has 0 aliphatic rings. The zero-order valence-electron chi connectivity index (χ0n) is 9.53. The van der Waals surface area contributed by atoms with Gasteiger partial charge >= 0.3 is 12.0 Å². The van der Waals surface area contributed by atoms with Gasteiger partial charge in [-0.25, -0.2) is 9.59 Å². The van der Waals surface area contributed by atoms with Crippen molar-refractivity contribution in [2.75, 3.05) is 20.3 Å². The van der Waals surface area contributed by atoms with Crippen molar-refractivity contribution >= 4 is 12.0 Å². The van der Waals surface area contributed by atoms with E-state index < -0.39 is 18.0 Å². The van der Waals surface area contributed by atoms with Crippen molar-refractivity contribution in [3.8, 4) is 0 Å². The molecular weight excluding hydrogens is 212 g/mol. The molecule has 0 rings (SSSR count). The number of nitrogens with one attached hydrogen (secondary N) is 2. The van der Waals surface area contributed by atoms with Crippen molar-refractivity contribution in [2.45, 2.75) is 19.4 Å². The van der Waals surface area contributed by atoms with Crippen molar-refractivity contribution in [1.29, 1.82) is 0 Å². The molecule has 6 heteroatoms. The maximum absolute atomic E-state index is 11.2. The maximum atomic E-state index is 11.2. The van der Waals surface area contributed by atoms with Crippen molar-refractivity contribution in [1.82, 2.24) is 10.6 Å². The fraction of sp³-hybridized carbons (Fsp3) is 0.600. The molecule has 0 aromatic carbocycles. The SMILES string of the molecule is C/C=C/CCNC(=O)NC(COC)C(=O)O. The third-order valence-electron chi connectivity index (χ3n) is 1.77. The lowest BCUT2D eigenvalue weighted by Crippen LogP contribution is -2.48. The number of carbonyl (C=O) groups excluding carboxylic acids is 1. The largest absolute Gasteiger partial charge is 0.480 e. The van der Waals surface area contributed by atoms with E-state index in [0.717, 1.165) is 0 Å². The minimum absolute atomic E-state index is 0.0579. The van der Waals surface area contributed by atoms with Crippen LogP contribution in [0.25, 0.3) is 0 Å². The van der Waals surface area contributed by atoms with Crippen LogP contribution in [0.4, 0.5) is 4.79 Å². The van der Waals surface area contributed by atoms with E-state index in [9.17, 15) is 9.59 Å². The van der Waals surface area contributed by atoms with Crippen LogP contribution in [0, 0.1) is 0 Å². The Morgan fingerprint density at radius 3 is 2.69 bits per heavy atom. The molecule has 3 N–H and O–H groups in total. The number of urea groups is 1. The Hall–Kier alpha value is -1.56. The van der Waals surface area contributed by atoms with Crippen LogP contribution >= 0.6 is 0 Å². The van der Waals surface area contributed by atoms with Gasteiger partial charge in [0.2, 0.25) is 0 Å². The van der Waals surface area contributed by atoms with E-state index in [-0.39, 0.29) is 6.61 Å². The highest BCUT2D eigenvalue weighted by Gasteiger charge is 2.18. The molecule has 92 valence electrons. The van der Waals surface area contributed by atoms with E-state index in [0.29, 0.717) is 13.0 Å². The summed E-state index contributed by atoms with van der Waals surface area (Å²) < 4.78 is 4.67. The second-order valence-corrected chi connectivity index (χ2v) is 3.10. The molecule has 0 fully saturated rings. The Labute approximate surface area is 94.7 Å². The molecule has 1 unspecified atom stereocenters. The number of aliphatic carboxylic acids is 1. The molecule has 0 heterocycles. The van der Waals surface area contributed by atoms with E-state index in [2.05, 4.69) is 15.4 Å². The molecule has 0 saturated carbocycles. The molecule has 0 bridgehead atoms. The monoisotopic (exact) mass is 230 g/mol. The van der Waals surface area contributed by atoms with E-state index in [1.165, 1.54) is 7.11 Å². The summed E-state index contributed by atoms with van der Waals surface area (Å²) in [7, 11) is 1.38. The highest BCUT2D eigenvalue weighted by Crippen LogP contribution is 1.86. The lowest BCUT2D eigenvalue weighted by molar-refractivity contribution is -0.140. The number of hydrogen-bond acceptors (Lipinski definition) is 3. The fourth-order valence-electron chi connectivity index (χ4n) is 0.986. The van der Waals surface area contributed by atoms with Gasteiger partial charge in [0, 0.05) is 13.7 Å². The van der Waals surface area contributed by atoms with Gasteiger partial charge in [0.25, 0.3) is 0 Å². The van der Waals surface area contributed by atoms with Gasteiger partial charge < -0.3 is 20.5 Å². The summed E-state index contributed by atoms with van der Waals surface area (Å²) in [6.07, 6.45) is 4.50. The minimum Gasteiger partial charge on any atom is -0.480 e. The first-order valence-electron chi connectivity index (χ1n) is 4.99. The predicted molar refractivity (Wildman–Crippen MR) is 59.3 cm³/mol. The second kappa shape index (κ2) is 8.72. The quantitative estimate of drug-likeness (QED) is 0.435. The van der Waals surface area contributed by atoms with Crippen molar-refractivity contribution in [3.63, 3.8) is 0 Å². The summed E-state index contributed by atoms with van der Waals surface area (Å²) in [5.41, 5.74) is 0. The molecule has 0 aromatic rings. The number of ether oxygens (including phenoxy) is 1. The zero-order valence-corrected chi connectivity index (χ0v) is 9.53. The fourth-order valence-corrected chi connectivity index (χ4v) is 0.986. The number of methoxy groups -OCH3 is 1. The molecule has 6 nitrogen and oxygen atoms in total. The van der Waals surface area contributed by atoms with E-state index in [4.69, 9.17) is 5.11 Å². The number of carboxylic acid groups (broad SMARTS) is 1. The van der Waals surface area contributed by atoms with E-state index >= 15 is 0 Å². The molecule has 0 aliphatic carbocycles. The predicted octanol–water partition coefficient (Wildman–Crippen LogP) is 0.351. The van der Waals surface area contributed by atoms with Crippen LogP contribution in [0.2, 0.25) is 0 Å². The molecule has 0 radical (unpaired) electrons. The van der Waals surface area contributed by atoms with Crippen LogP contribution in [-0.4, -0.2) is 43.4 Å². The van der Waals surface area contributed by atoms with Crippen LogP contribution in [0.5, 0.6) is 0 Å². The Bertz CT molecular complexity index is 253. The molecule has 2 amide bonds. The van der Waals surface area contributed by atoms with Gasteiger partial charge in [-0.1, -0.05) is 12.2 Å². The summed E-state index contributed by atoms with van der Waals surface area (Å²) in [6.45, 7) is 2.30. The number of carbonyl (C=O) groups is 2. The average Bonchev–Trinajstić information content (AvgIpc) is 2.23. The maximum Gasteiger partial charge on any atom is 0.328 e. The Morgan fingerprint density at radius 2 is 2.19 bits per heavy atom. The summed E-state index contributed by atoms with van der Waals surface area (Å²) in [5, 5.41) is 13.6. The highest BCUT2D eigenvalue weighted by molar-refractivity contribution is 5.82. The van der Waals surface area contributed by atoms with E-state index in [1.54, 1.807) is 0 Å². The Balaban J connectivity index is 3.86. The van der Waals surface area contributed by atoms with Crippen LogP contribution in [-0.2, 0) is 9.53 Å². The number of hydrogen-bond donors (Lipinski definition) is 3. The van der Waals surface area contributed by atoms with E-state index in [1.807, 2.05) is 19.1 Å². The van der Waals surface area contributed by atoms with Crippen LogP contribution in [0.3, 0.4) is 0 Å². The minimum atomic E-state index is -1.12. The van der Waals surface area contributed by atoms with Crippen molar-refractivity contribution in [2.24, 2.45) is 0 Å². The Morgan fingerprint density at radius 1 is 1.50 bits per heavy atom. The van der Waals surface area contributed by atoms with Crippen LogP contribution < -0.4 is 10.6 Å². The van der Waals surface area contributed by atoms with Crippen molar-refractivity contribution < 1.29 is 19.4 Å². The lowest BCUT2D eigenvalue weighted by atomic mass is 10.3. The van der Waals surface area contributed by atoms with Gasteiger partial charge in [-0.05, 0) is 13.3 Å². The van der Waals surface area contributed by atoms with Gasteiger partial charge in [-0.3, -0.25) is 0 Å². The van der Waals surface area contributed by atoms with Gasteiger partial charge in [0.15, 0.2) is 6.04 Å². The van der Waals surface area contributed by atoms with Gasteiger partial charge in [-0.2, -0.15) is 0 Å². The second-order valence-electron chi connectivity index (χ2n) is 3.10. The molecule has 1 atom stereocenters. The summed E-state index contributed by atoms with van der Waals surface area (Å²) >= 11 is 0. The van der Waals surface area contributed by atoms with Gasteiger partial charge in [0.1, 0.15) is 0 Å². The number of amides is 2. The number of carboxylic acids is 1. The van der Waals surface area contributed by atoms with Crippen LogP contribution in [0.15, 0.2) is 12.2 Å². The van der Waals surface area contributed by atoms with Gasteiger partial charge in [0.05, 0.1) is 6.61 Å². The molecule has 0 aromatic heterocycles. The smallest absolute Gasteiger partial charge is 0.328 e. The average molecular weight is 230 g/mol. The van der Waals surface area contributed by atoms with Crippen LogP contribution in [0.1, 0.15) is 13.3 Å². The topological polar surface area (TPSA) is 87.7 Å². The normalized spacial score (nSPS) is 12.4. The first-order chi connectivity index (χ1) is 7.61. The summed E-state index contributed by atoms with van der Waals surface area (Å²) in [5.74, 6) is -1.12. The summed E-state index contributed by atoms with van der Waals surface area (Å²) in [6, 6.07) is -1.53. The lowest BCUT2D eigenvalue weighted by Gasteiger charge is -2.13. The summed E-state index contributed by atoms with van der Waals surface area (Å²) in [4.78, 5) is 21.9. The first kappa shape index (κ1) is 14.4. The first-order valence-corrected chi connectivity index (χ1v) is 4.99. The number of rotatable bonds is 7. The molecule has 0 spiro atoms. The number of allylic oxidation sites excluding steroid dienone is 1. The third-order valence-corrected chi connectivity index (χ3v) is 1.77. The third kappa shape index (κ3) is 6.83. The molecular formula is C10H18N2O4. The zero-order chi connectivity index (χ0) is 12.4. The Kier molecular flexibility index (Phi) is 7.87. The molecule has 16 heavy (non-hydrogen) atoms.